The molecule has 1 aromatic carbocycles. The van der Waals surface area contributed by atoms with Gasteiger partial charge in [0.2, 0.25) is 5.91 Å². The molecular formula is C14H15N3O3S. The van der Waals surface area contributed by atoms with E-state index >= 15 is 0 Å². The van der Waals surface area contributed by atoms with Gasteiger partial charge in [-0.15, -0.1) is 0 Å². The zero-order valence-corrected chi connectivity index (χ0v) is 12.2. The van der Waals surface area contributed by atoms with Gasteiger partial charge in [-0.2, -0.15) is 0 Å². The summed E-state index contributed by atoms with van der Waals surface area (Å²) in [5.74, 6) is -1.38. The number of hydrogen-bond acceptors (Lipinski definition) is 5. The zero-order chi connectivity index (χ0) is 15.4. The number of nitrogens with two attached hydrogens (primary N) is 1. The van der Waals surface area contributed by atoms with Crippen molar-refractivity contribution < 1.29 is 14.7 Å². The molecule has 0 saturated carbocycles. The van der Waals surface area contributed by atoms with E-state index in [1.54, 1.807) is 6.92 Å². The lowest BCUT2D eigenvalue weighted by Gasteiger charge is -2.24. The van der Waals surface area contributed by atoms with E-state index in [1.165, 1.54) is 0 Å². The summed E-state index contributed by atoms with van der Waals surface area (Å²) in [6.45, 7) is 1.68. The van der Waals surface area contributed by atoms with Crippen molar-refractivity contribution in [2.24, 2.45) is 10.7 Å². The topological polar surface area (TPSA) is 105 Å². The molecule has 1 aliphatic heterocycles. The van der Waals surface area contributed by atoms with Gasteiger partial charge < -0.3 is 16.2 Å². The van der Waals surface area contributed by atoms with E-state index in [1.807, 2.05) is 30.3 Å². The monoisotopic (exact) mass is 305 g/mol. The van der Waals surface area contributed by atoms with Crippen molar-refractivity contribution in [1.82, 2.24) is 5.32 Å². The molecule has 0 saturated heterocycles. The van der Waals surface area contributed by atoms with Crippen LogP contribution in [-0.4, -0.2) is 27.9 Å². The van der Waals surface area contributed by atoms with Crippen LogP contribution in [0.2, 0.25) is 0 Å². The number of thioether (sulfide) groups is 1. The Balaban J connectivity index is 2.35. The fourth-order valence-corrected chi connectivity index (χ4v) is 2.70. The Morgan fingerprint density at radius 3 is 2.62 bits per heavy atom. The maximum atomic E-state index is 11.5. The number of nitrogens with zero attached hydrogens (tertiary/aromatic N) is 1. The number of primary amides is 1. The molecule has 1 atom stereocenters. The summed E-state index contributed by atoms with van der Waals surface area (Å²) in [5, 5.41) is 12.8. The number of carbonyl (C=O) groups excluding carboxylic acids is 1. The summed E-state index contributed by atoms with van der Waals surface area (Å²) >= 11 is 1.16. The summed E-state index contributed by atoms with van der Waals surface area (Å²) in [6.07, 6.45) is 0. The largest absolute Gasteiger partial charge is 0.478 e. The Hall–Kier alpha value is -2.28. The predicted molar refractivity (Wildman–Crippen MR) is 81.7 cm³/mol. The van der Waals surface area contributed by atoms with Crippen molar-refractivity contribution in [3.05, 3.63) is 47.2 Å². The van der Waals surface area contributed by atoms with Crippen LogP contribution in [0.25, 0.3) is 0 Å². The number of carbonyl (C=O) groups is 2. The first-order chi connectivity index (χ1) is 9.99. The van der Waals surface area contributed by atoms with E-state index < -0.39 is 17.9 Å². The SMILES string of the molecule is CC1=C(C(=O)O)C(c2ccccc2)N=C(SCC(N)=O)N1. The second kappa shape index (κ2) is 6.45. The number of aliphatic carboxylic acids is 1. The molecule has 0 fully saturated rings. The Bertz CT molecular complexity index is 626. The quantitative estimate of drug-likeness (QED) is 0.777. The van der Waals surface area contributed by atoms with Gasteiger partial charge in [0, 0.05) is 5.70 Å². The first-order valence-corrected chi connectivity index (χ1v) is 7.22. The van der Waals surface area contributed by atoms with Gasteiger partial charge in [-0.3, -0.25) is 4.79 Å². The van der Waals surface area contributed by atoms with Crippen LogP contribution in [0.1, 0.15) is 18.5 Å². The van der Waals surface area contributed by atoms with Crippen molar-refractivity contribution in [2.45, 2.75) is 13.0 Å². The fourth-order valence-electron chi connectivity index (χ4n) is 2.01. The molecule has 2 rings (SSSR count). The number of carboxylic acids is 1. The van der Waals surface area contributed by atoms with Crippen molar-refractivity contribution in [1.29, 1.82) is 0 Å². The molecule has 0 spiro atoms. The molecule has 4 N–H and O–H groups in total. The summed E-state index contributed by atoms with van der Waals surface area (Å²) in [6, 6.07) is 8.57. The number of carboxylic acid groups (broad SMARTS) is 1. The Kier molecular flexibility index (Phi) is 4.64. The second-order valence-corrected chi connectivity index (χ2v) is 5.44. The Labute approximate surface area is 126 Å². The van der Waals surface area contributed by atoms with Crippen molar-refractivity contribution in [3.63, 3.8) is 0 Å². The van der Waals surface area contributed by atoms with Gasteiger partial charge >= 0.3 is 5.97 Å². The summed E-state index contributed by atoms with van der Waals surface area (Å²) < 4.78 is 0. The van der Waals surface area contributed by atoms with Crippen molar-refractivity contribution >= 4 is 28.8 Å². The zero-order valence-electron chi connectivity index (χ0n) is 11.4. The summed E-state index contributed by atoms with van der Waals surface area (Å²) in [7, 11) is 0. The first-order valence-electron chi connectivity index (χ1n) is 6.24. The van der Waals surface area contributed by atoms with Gasteiger partial charge in [0.1, 0.15) is 6.04 Å². The van der Waals surface area contributed by atoms with Gasteiger partial charge in [-0.05, 0) is 12.5 Å². The van der Waals surface area contributed by atoms with Gasteiger partial charge in [0.25, 0.3) is 0 Å². The molecule has 1 heterocycles. The average molecular weight is 305 g/mol. The van der Waals surface area contributed by atoms with Gasteiger partial charge in [-0.25, -0.2) is 9.79 Å². The van der Waals surface area contributed by atoms with E-state index in [0.717, 1.165) is 17.3 Å². The molecule has 0 radical (unpaired) electrons. The molecule has 0 aromatic heterocycles. The molecule has 1 amide bonds. The van der Waals surface area contributed by atoms with E-state index in [-0.39, 0.29) is 11.3 Å². The minimum atomic E-state index is -1.02. The number of hydrogen-bond donors (Lipinski definition) is 3. The van der Waals surface area contributed by atoms with Gasteiger partial charge in [0.05, 0.1) is 11.3 Å². The van der Waals surface area contributed by atoms with Crippen LogP contribution in [-0.2, 0) is 9.59 Å². The average Bonchev–Trinajstić information content (AvgIpc) is 2.45. The molecule has 7 heteroatoms. The molecule has 0 aliphatic carbocycles. The number of amides is 1. The molecule has 1 aromatic rings. The molecule has 21 heavy (non-hydrogen) atoms. The fraction of sp³-hybridized carbons (Fsp3) is 0.214. The molecule has 110 valence electrons. The Morgan fingerprint density at radius 1 is 1.38 bits per heavy atom. The summed E-state index contributed by atoms with van der Waals surface area (Å²) in [5.41, 5.74) is 6.61. The lowest BCUT2D eigenvalue weighted by molar-refractivity contribution is -0.133. The highest BCUT2D eigenvalue weighted by atomic mass is 32.2. The van der Waals surface area contributed by atoms with Crippen molar-refractivity contribution in [2.75, 3.05) is 5.75 Å². The molecule has 0 bridgehead atoms. The molecule has 1 aliphatic rings. The van der Waals surface area contributed by atoms with Crippen LogP contribution in [0.5, 0.6) is 0 Å². The number of benzene rings is 1. The normalized spacial score (nSPS) is 18.0. The first kappa shape index (κ1) is 15.1. The van der Waals surface area contributed by atoms with Crippen LogP contribution in [0.4, 0.5) is 0 Å². The maximum absolute atomic E-state index is 11.5. The minimum Gasteiger partial charge on any atom is -0.478 e. The number of aliphatic imine (C=N–C) groups is 1. The number of allylic oxidation sites excluding steroid dienone is 1. The van der Waals surface area contributed by atoms with Crippen molar-refractivity contribution in [3.8, 4) is 0 Å². The maximum Gasteiger partial charge on any atom is 0.335 e. The molecule has 6 nitrogen and oxygen atoms in total. The van der Waals surface area contributed by atoms with Crippen LogP contribution >= 0.6 is 11.8 Å². The predicted octanol–water partition coefficient (Wildman–Crippen LogP) is 1.26. The van der Waals surface area contributed by atoms with E-state index in [4.69, 9.17) is 5.73 Å². The third-order valence-corrected chi connectivity index (χ3v) is 3.82. The van der Waals surface area contributed by atoms with Gasteiger partial charge in [-0.1, -0.05) is 42.1 Å². The number of nitrogens with one attached hydrogen (secondary N) is 1. The third kappa shape index (κ3) is 3.63. The highest BCUT2D eigenvalue weighted by Crippen LogP contribution is 2.31. The van der Waals surface area contributed by atoms with Crippen LogP contribution in [0.3, 0.4) is 0 Å². The molecule has 1 unspecified atom stereocenters. The number of amidine groups is 1. The number of rotatable bonds is 4. The van der Waals surface area contributed by atoms with E-state index in [9.17, 15) is 14.7 Å². The molecular weight excluding hydrogens is 290 g/mol. The van der Waals surface area contributed by atoms with Crippen LogP contribution in [0.15, 0.2) is 46.6 Å². The van der Waals surface area contributed by atoms with E-state index in [0.29, 0.717) is 10.9 Å². The van der Waals surface area contributed by atoms with Crippen LogP contribution in [0, 0.1) is 0 Å². The highest BCUT2D eigenvalue weighted by molar-refractivity contribution is 8.14. The third-order valence-electron chi connectivity index (χ3n) is 2.92. The second-order valence-electron chi connectivity index (χ2n) is 4.47. The lowest BCUT2D eigenvalue weighted by atomic mass is 9.97. The smallest absolute Gasteiger partial charge is 0.335 e. The summed E-state index contributed by atoms with van der Waals surface area (Å²) in [4.78, 5) is 26.7. The Morgan fingerprint density at radius 2 is 2.05 bits per heavy atom. The van der Waals surface area contributed by atoms with E-state index in [2.05, 4.69) is 10.3 Å². The van der Waals surface area contributed by atoms with Crippen LogP contribution < -0.4 is 11.1 Å². The highest BCUT2D eigenvalue weighted by Gasteiger charge is 2.29. The van der Waals surface area contributed by atoms with Gasteiger partial charge in [0.15, 0.2) is 5.17 Å². The minimum absolute atomic E-state index is 0.0863. The standard InChI is InChI=1S/C14H15N3O3S/c1-8-11(13(19)20)12(9-5-3-2-4-6-9)17-14(16-8)21-7-10(15)18/h2-6,12H,7H2,1H3,(H2,15,18)(H,16,17)(H,19,20). The lowest BCUT2D eigenvalue weighted by Crippen LogP contribution is -2.30.